The zero-order valence-corrected chi connectivity index (χ0v) is 8.00. The zero-order valence-electron chi connectivity index (χ0n) is 6.42. The van der Waals surface area contributed by atoms with Crippen LogP contribution in [0.25, 0.3) is 0 Å². The second-order valence-electron chi connectivity index (χ2n) is 2.40. The van der Waals surface area contributed by atoms with Gasteiger partial charge in [0, 0.05) is 11.1 Å². The van der Waals surface area contributed by atoms with Gasteiger partial charge in [0.05, 0.1) is 5.56 Å². The lowest BCUT2D eigenvalue weighted by Gasteiger charge is -1.99. The molecule has 3 heteroatoms. The van der Waals surface area contributed by atoms with Gasteiger partial charge < -0.3 is 5.11 Å². The normalized spacial score (nSPS) is 9.42. The van der Waals surface area contributed by atoms with E-state index >= 15 is 0 Å². The first-order valence-corrected chi connectivity index (χ1v) is 4.36. The summed E-state index contributed by atoms with van der Waals surface area (Å²) in [5.74, 6) is 0. The first-order valence-electron chi connectivity index (χ1n) is 3.57. The van der Waals surface area contributed by atoms with E-state index < -0.39 is 0 Å². The molecule has 0 aliphatic heterocycles. The molecule has 12 heavy (non-hydrogen) atoms. The van der Waals surface area contributed by atoms with Gasteiger partial charge in [-0.1, -0.05) is 6.07 Å². The Morgan fingerprint density at radius 2 is 2.25 bits per heavy atom. The van der Waals surface area contributed by atoms with E-state index in [-0.39, 0.29) is 6.61 Å². The van der Waals surface area contributed by atoms with Crippen molar-refractivity contribution in [2.24, 2.45) is 0 Å². The minimum atomic E-state index is 0.118. The number of hydrogen-bond donors (Lipinski definition) is 1. The first kappa shape index (κ1) is 9.24. The van der Waals surface area contributed by atoms with Crippen LogP contribution in [0.5, 0.6) is 0 Å². The summed E-state index contributed by atoms with van der Waals surface area (Å²) in [6.07, 6.45) is 0.599. The summed E-state index contributed by atoms with van der Waals surface area (Å²) in [6, 6.07) is 7.56. The lowest BCUT2D eigenvalue weighted by molar-refractivity contribution is 0.299. The van der Waals surface area contributed by atoms with Gasteiger partial charge in [-0.15, -0.1) is 0 Å². The Hall–Kier alpha value is -0.850. The number of rotatable bonds is 2. The Labute approximate surface area is 79.6 Å². The van der Waals surface area contributed by atoms with E-state index in [0.29, 0.717) is 12.0 Å². The first-order chi connectivity index (χ1) is 5.77. The zero-order chi connectivity index (χ0) is 8.97. The van der Waals surface area contributed by atoms with E-state index in [1.54, 1.807) is 6.07 Å². The van der Waals surface area contributed by atoms with Crippen LogP contribution in [0.1, 0.15) is 11.1 Å². The average Bonchev–Trinajstić information content (AvgIpc) is 2.09. The molecule has 0 aromatic heterocycles. The maximum absolute atomic E-state index is 8.67. The number of hydrogen-bond acceptors (Lipinski definition) is 2. The lowest BCUT2D eigenvalue weighted by atomic mass is 10.1. The molecule has 0 spiro atoms. The summed E-state index contributed by atoms with van der Waals surface area (Å²) < 4.78 is 0.798. The number of nitriles is 1. The molecule has 0 aliphatic rings. The van der Waals surface area contributed by atoms with Gasteiger partial charge in [-0.3, -0.25) is 0 Å². The Kier molecular flexibility index (Phi) is 3.27. The molecule has 0 saturated heterocycles. The van der Waals surface area contributed by atoms with E-state index in [9.17, 15) is 0 Å². The third kappa shape index (κ3) is 2.07. The third-order valence-electron chi connectivity index (χ3n) is 1.55. The second-order valence-corrected chi connectivity index (χ2v) is 3.25. The summed E-state index contributed by atoms with van der Waals surface area (Å²) in [5.41, 5.74) is 1.60. The van der Waals surface area contributed by atoms with Crippen molar-refractivity contribution < 1.29 is 5.11 Å². The molecule has 0 radical (unpaired) electrons. The highest BCUT2D eigenvalue weighted by atomic mass is 79.9. The summed E-state index contributed by atoms with van der Waals surface area (Å²) >= 11 is 3.26. The molecule has 0 bridgehead atoms. The van der Waals surface area contributed by atoms with Gasteiger partial charge in [0.2, 0.25) is 0 Å². The topological polar surface area (TPSA) is 44.0 Å². The van der Waals surface area contributed by atoms with E-state index in [0.717, 1.165) is 10.0 Å². The number of halogens is 1. The van der Waals surface area contributed by atoms with Crippen LogP contribution in [0.4, 0.5) is 0 Å². The number of aliphatic hydroxyl groups is 1. The molecule has 1 rings (SSSR count). The van der Waals surface area contributed by atoms with Gasteiger partial charge >= 0.3 is 0 Å². The summed E-state index contributed by atoms with van der Waals surface area (Å²) in [5, 5.41) is 17.3. The average molecular weight is 226 g/mol. The van der Waals surface area contributed by atoms with Crippen molar-refractivity contribution in [3.63, 3.8) is 0 Å². The van der Waals surface area contributed by atoms with Crippen molar-refractivity contribution in [3.05, 3.63) is 33.8 Å². The predicted molar refractivity (Wildman–Crippen MR) is 49.6 cm³/mol. The number of benzene rings is 1. The van der Waals surface area contributed by atoms with Gasteiger partial charge in [-0.05, 0) is 40.0 Å². The molecule has 0 aliphatic carbocycles. The van der Waals surface area contributed by atoms with Crippen molar-refractivity contribution in [3.8, 4) is 6.07 Å². The number of nitrogens with zero attached hydrogens (tertiary/aromatic N) is 1. The van der Waals surface area contributed by atoms with Crippen LogP contribution in [-0.4, -0.2) is 11.7 Å². The molecule has 1 aromatic rings. The SMILES string of the molecule is N#Cc1cc(CCO)ccc1Br. The van der Waals surface area contributed by atoms with Crippen LogP contribution < -0.4 is 0 Å². The Bertz CT molecular complexity index is 317. The molecule has 0 unspecified atom stereocenters. The van der Waals surface area contributed by atoms with Gasteiger partial charge in [0.25, 0.3) is 0 Å². The molecule has 0 amide bonds. The van der Waals surface area contributed by atoms with Crippen LogP contribution in [0, 0.1) is 11.3 Å². The predicted octanol–water partition coefficient (Wildman–Crippen LogP) is 1.86. The molecule has 0 saturated carbocycles. The molecule has 1 N–H and O–H groups in total. The van der Waals surface area contributed by atoms with Crippen molar-refractivity contribution in [2.75, 3.05) is 6.61 Å². The second kappa shape index (κ2) is 4.24. The molecule has 0 atom stereocenters. The smallest absolute Gasteiger partial charge is 0.100 e. The summed E-state index contributed by atoms with van der Waals surface area (Å²) in [7, 11) is 0. The van der Waals surface area contributed by atoms with Crippen LogP contribution in [0.2, 0.25) is 0 Å². The minimum absolute atomic E-state index is 0.118. The standard InChI is InChI=1S/C9H8BrNO/c10-9-2-1-7(3-4-12)5-8(9)6-11/h1-2,5,12H,3-4H2. The Morgan fingerprint density at radius 1 is 1.50 bits per heavy atom. The minimum Gasteiger partial charge on any atom is -0.396 e. The van der Waals surface area contributed by atoms with Crippen LogP contribution in [-0.2, 0) is 6.42 Å². The van der Waals surface area contributed by atoms with Crippen molar-refractivity contribution >= 4 is 15.9 Å². The fraction of sp³-hybridized carbons (Fsp3) is 0.222. The number of aliphatic hydroxyl groups excluding tert-OH is 1. The third-order valence-corrected chi connectivity index (χ3v) is 2.24. The van der Waals surface area contributed by atoms with Crippen LogP contribution in [0.3, 0.4) is 0 Å². The van der Waals surface area contributed by atoms with Crippen molar-refractivity contribution in [1.82, 2.24) is 0 Å². The van der Waals surface area contributed by atoms with Gasteiger partial charge in [0.15, 0.2) is 0 Å². The highest BCUT2D eigenvalue weighted by molar-refractivity contribution is 9.10. The Balaban J connectivity index is 2.99. The van der Waals surface area contributed by atoms with Crippen molar-refractivity contribution in [1.29, 1.82) is 5.26 Å². The van der Waals surface area contributed by atoms with Gasteiger partial charge in [0.1, 0.15) is 6.07 Å². The highest BCUT2D eigenvalue weighted by Crippen LogP contribution is 2.17. The lowest BCUT2D eigenvalue weighted by Crippen LogP contribution is -1.91. The molecule has 2 nitrogen and oxygen atoms in total. The molecule has 1 aromatic carbocycles. The largest absolute Gasteiger partial charge is 0.396 e. The van der Waals surface area contributed by atoms with E-state index in [4.69, 9.17) is 10.4 Å². The molecular formula is C9H8BrNO. The van der Waals surface area contributed by atoms with E-state index in [2.05, 4.69) is 22.0 Å². The summed E-state index contributed by atoms with van der Waals surface area (Å²) in [6.45, 7) is 0.118. The fourth-order valence-corrected chi connectivity index (χ4v) is 1.28. The van der Waals surface area contributed by atoms with Crippen LogP contribution in [0.15, 0.2) is 22.7 Å². The molecule has 62 valence electrons. The summed E-state index contributed by atoms with van der Waals surface area (Å²) in [4.78, 5) is 0. The van der Waals surface area contributed by atoms with Gasteiger partial charge in [-0.25, -0.2) is 0 Å². The quantitative estimate of drug-likeness (QED) is 0.836. The Morgan fingerprint density at radius 3 is 2.83 bits per heavy atom. The van der Waals surface area contributed by atoms with Crippen LogP contribution >= 0.6 is 15.9 Å². The fourth-order valence-electron chi connectivity index (χ4n) is 0.943. The maximum atomic E-state index is 8.67. The van der Waals surface area contributed by atoms with E-state index in [1.165, 1.54) is 0 Å². The molecule has 0 fully saturated rings. The monoisotopic (exact) mass is 225 g/mol. The van der Waals surface area contributed by atoms with E-state index in [1.807, 2.05) is 12.1 Å². The molecular weight excluding hydrogens is 218 g/mol. The maximum Gasteiger partial charge on any atom is 0.100 e. The van der Waals surface area contributed by atoms with Crippen molar-refractivity contribution in [2.45, 2.75) is 6.42 Å². The molecule has 0 heterocycles. The van der Waals surface area contributed by atoms with Gasteiger partial charge in [-0.2, -0.15) is 5.26 Å². The highest BCUT2D eigenvalue weighted by Gasteiger charge is 1.99.